The maximum atomic E-state index is 5.76. The Morgan fingerprint density at radius 3 is 3.00 bits per heavy atom. The number of hydrogen-bond acceptors (Lipinski definition) is 4. The lowest BCUT2D eigenvalue weighted by molar-refractivity contribution is 0.662. The van der Waals surface area contributed by atoms with Crippen LogP contribution in [-0.2, 0) is 0 Å². The summed E-state index contributed by atoms with van der Waals surface area (Å²) in [5.74, 6) is 2.74. The summed E-state index contributed by atoms with van der Waals surface area (Å²) >= 11 is 4.10. The van der Waals surface area contributed by atoms with E-state index in [0.29, 0.717) is 11.1 Å². The van der Waals surface area contributed by atoms with Crippen molar-refractivity contribution >= 4 is 40.2 Å². The number of halogens is 1. The van der Waals surface area contributed by atoms with Crippen molar-refractivity contribution in [3.63, 3.8) is 0 Å². The highest BCUT2D eigenvalue weighted by molar-refractivity contribution is 14.1. The Balaban J connectivity index is 2.18. The molecule has 14 heavy (non-hydrogen) atoms. The summed E-state index contributed by atoms with van der Waals surface area (Å²) in [4.78, 5) is 8.68. The molecule has 0 saturated carbocycles. The van der Waals surface area contributed by atoms with Crippen molar-refractivity contribution in [2.45, 2.75) is 24.5 Å². The van der Waals surface area contributed by atoms with Crippen LogP contribution < -0.4 is 5.73 Å². The molecule has 5 heteroatoms. The van der Waals surface area contributed by atoms with Crippen LogP contribution in [0.25, 0.3) is 0 Å². The van der Waals surface area contributed by atoms with Crippen molar-refractivity contribution in [1.29, 1.82) is 0 Å². The number of nitrogens with two attached hydrogens (primary N) is 1. The third-order valence-corrected chi connectivity index (χ3v) is 4.46. The standard InChI is InChI=1S/C9H12IN3S/c10-6-5-12-9(13-8(6)11)7-3-1-2-4-14-7/h5,7H,1-4H2,(H2,11,12,13). The lowest BCUT2D eigenvalue weighted by Gasteiger charge is -2.19. The van der Waals surface area contributed by atoms with Crippen LogP contribution in [-0.4, -0.2) is 15.7 Å². The van der Waals surface area contributed by atoms with E-state index in [1.54, 1.807) is 0 Å². The molecule has 1 aromatic heterocycles. The molecule has 1 aliphatic rings. The first-order chi connectivity index (χ1) is 6.77. The van der Waals surface area contributed by atoms with Crippen LogP contribution in [0.4, 0.5) is 5.82 Å². The van der Waals surface area contributed by atoms with E-state index in [9.17, 15) is 0 Å². The van der Waals surface area contributed by atoms with E-state index in [-0.39, 0.29) is 0 Å². The summed E-state index contributed by atoms with van der Waals surface area (Å²) < 4.78 is 0.937. The average molecular weight is 321 g/mol. The van der Waals surface area contributed by atoms with Gasteiger partial charge in [0, 0.05) is 6.20 Å². The van der Waals surface area contributed by atoms with Gasteiger partial charge in [-0.2, -0.15) is 11.8 Å². The van der Waals surface area contributed by atoms with Crippen molar-refractivity contribution in [2.75, 3.05) is 11.5 Å². The van der Waals surface area contributed by atoms with Gasteiger partial charge in [-0.05, 0) is 41.2 Å². The van der Waals surface area contributed by atoms with Gasteiger partial charge in [0.15, 0.2) is 0 Å². The number of thioether (sulfide) groups is 1. The number of aromatic nitrogens is 2. The van der Waals surface area contributed by atoms with Gasteiger partial charge in [-0.1, -0.05) is 6.42 Å². The summed E-state index contributed by atoms with van der Waals surface area (Å²) in [5, 5.41) is 0.461. The lowest BCUT2D eigenvalue weighted by atomic mass is 10.2. The van der Waals surface area contributed by atoms with E-state index in [0.717, 1.165) is 9.39 Å². The number of rotatable bonds is 1. The minimum absolute atomic E-state index is 0.461. The number of anilines is 1. The first-order valence-corrected chi connectivity index (χ1v) is 6.79. The molecule has 1 aliphatic heterocycles. The molecule has 76 valence electrons. The maximum absolute atomic E-state index is 5.76. The number of nitrogen functional groups attached to an aromatic ring is 1. The number of nitrogens with zero attached hydrogens (tertiary/aromatic N) is 2. The van der Waals surface area contributed by atoms with Crippen molar-refractivity contribution in [3.8, 4) is 0 Å². The summed E-state index contributed by atoms with van der Waals surface area (Å²) in [6, 6.07) is 0. The van der Waals surface area contributed by atoms with Crippen molar-refractivity contribution in [2.24, 2.45) is 0 Å². The van der Waals surface area contributed by atoms with Crippen LogP contribution in [0.1, 0.15) is 30.3 Å². The highest BCUT2D eigenvalue weighted by Gasteiger charge is 2.19. The van der Waals surface area contributed by atoms with Gasteiger partial charge in [0.05, 0.1) is 8.82 Å². The Bertz CT molecular complexity index is 326. The Morgan fingerprint density at radius 2 is 2.36 bits per heavy atom. The van der Waals surface area contributed by atoms with Crippen LogP contribution in [0, 0.1) is 3.57 Å². The molecule has 0 radical (unpaired) electrons. The summed E-state index contributed by atoms with van der Waals surface area (Å²) in [5.41, 5.74) is 5.76. The summed E-state index contributed by atoms with van der Waals surface area (Å²) in [7, 11) is 0. The Morgan fingerprint density at radius 1 is 1.50 bits per heavy atom. The van der Waals surface area contributed by atoms with E-state index in [4.69, 9.17) is 5.73 Å². The molecule has 0 bridgehead atoms. The Hall–Kier alpha value is -0.0400. The van der Waals surface area contributed by atoms with E-state index >= 15 is 0 Å². The Kier molecular flexibility index (Phi) is 3.48. The van der Waals surface area contributed by atoms with Crippen molar-refractivity contribution < 1.29 is 0 Å². The molecule has 3 nitrogen and oxygen atoms in total. The molecule has 1 unspecified atom stereocenters. The Labute approximate surface area is 101 Å². The highest BCUT2D eigenvalue weighted by atomic mass is 127. The second kappa shape index (κ2) is 4.65. The minimum Gasteiger partial charge on any atom is -0.383 e. The second-order valence-corrected chi connectivity index (χ2v) is 5.79. The molecule has 1 fully saturated rings. The molecule has 1 atom stereocenters. The molecule has 0 aromatic carbocycles. The quantitative estimate of drug-likeness (QED) is 0.808. The normalized spacial score (nSPS) is 22.2. The molecular formula is C9H12IN3S. The fraction of sp³-hybridized carbons (Fsp3) is 0.556. The third-order valence-electron chi connectivity index (χ3n) is 2.26. The molecular weight excluding hydrogens is 309 g/mol. The average Bonchev–Trinajstić information content (AvgIpc) is 2.23. The van der Waals surface area contributed by atoms with Crippen molar-refractivity contribution in [1.82, 2.24) is 9.97 Å². The van der Waals surface area contributed by atoms with Crippen LogP contribution in [0.3, 0.4) is 0 Å². The zero-order valence-electron chi connectivity index (χ0n) is 7.74. The van der Waals surface area contributed by atoms with Crippen LogP contribution in [0.5, 0.6) is 0 Å². The van der Waals surface area contributed by atoms with Gasteiger partial charge in [0.1, 0.15) is 11.6 Å². The van der Waals surface area contributed by atoms with Gasteiger partial charge in [0.2, 0.25) is 0 Å². The van der Waals surface area contributed by atoms with E-state index in [1.807, 2.05) is 18.0 Å². The van der Waals surface area contributed by atoms with Gasteiger partial charge in [0.25, 0.3) is 0 Å². The number of hydrogen-bond donors (Lipinski definition) is 1. The molecule has 2 rings (SSSR count). The fourth-order valence-electron chi connectivity index (χ4n) is 1.49. The highest BCUT2D eigenvalue weighted by Crippen LogP contribution is 2.36. The topological polar surface area (TPSA) is 51.8 Å². The van der Waals surface area contributed by atoms with Gasteiger partial charge in [-0.3, -0.25) is 0 Å². The van der Waals surface area contributed by atoms with E-state index in [1.165, 1.54) is 25.0 Å². The third kappa shape index (κ3) is 2.31. The molecule has 1 saturated heterocycles. The smallest absolute Gasteiger partial charge is 0.143 e. The van der Waals surface area contributed by atoms with E-state index < -0.39 is 0 Å². The minimum atomic E-state index is 0.461. The van der Waals surface area contributed by atoms with Gasteiger partial charge in [-0.15, -0.1) is 0 Å². The van der Waals surface area contributed by atoms with E-state index in [2.05, 4.69) is 32.6 Å². The molecule has 1 aromatic rings. The summed E-state index contributed by atoms with van der Waals surface area (Å²) in [6.07, 6.45) is 5.60. The molecule has 2 heterocycles. The predicted molar refractivity (Wildman–Crippen MR) is 68.2 cm³/mol. The zero-order valence-corrected chi connectivity index (χ0v) is 10.7. The second-order valence-electron chi connectivity index (χ2n) is 3.32. The van der Waals surface area contributed by atoms with Crippen LogP contribution >= 0.6 is 34.4 Å². The molecule has 0 spiro atoms. The SMILES string of the molecule is Nc1nc(C2CCCCS2)ncc1I. The largest absolute Gasteiger partial charge is 0.383 e. The fourth-order valence-corrected chi connectivity index (χ4v) is 3.01. The molecule has 0 amide bonds. The van der Waals surface area contributed by atoms with Crippen molar-refractivity contribution in [3.05, 3.63) is 15.6 Å². The van der Waals surface area contributed by atoms with Gasteiger partial charge < -0.3 is 5.73 Å². The molecule has 0 aliphatic carbocycles. The van der Waals surface area contributed by atoms with Crippen LogP contribution in [0.2, 0.25) is 0 Å². The zero-order chi connectivity index (χ0) is 9.97. The maximum Gasteiger partial charge on any atom is 0.143 e. The summed E-state index contributed by atoms with van der Waals surface area (Å²) in [6.45, 7) is 0. The van der Waals surface area contributed by atoms with Crippen LogP contribution in [0.15, 0.2) is 6.20 Å². The van der Waals surface area contributed by atoms with Gasteiger partial charge >= 0.3 is 0 Å². The predicted octanol–water partition coefficient (Wildman–Crippen LogP) is 2.62. The molecule has 2 N–H and O–H groups in total. The first-order valence-electron chi connectivity index (χ1n) is 4.67. The van der Waals surface area contributed by atoms with Gasteiger partial charge in [-0.25, -0.2) is 9.97 Å². The lowest BCUT2D eigenvalue weighted by Crippen LogP contribution is -2.08. The monoisotopic (exact) mass is 321 g/mol. The first kappa shape index (κ1) is 10.5.